The minimum atomic E-state index is 0.101. The van der Waals surface area contributed by atoms with Gasteiger partial charge < -0.3 is 10.1 Å². The molecule has 0 spiro atoms. The standard InChI is InChI=1S/C16H19NO2S/c1-19-14-5-2-4-13(12-14)7-8-16(18)17-10-9-15-6-3-11-20-15/h2-6,11-12H,7-10H2,1H3,(H,17,18). The number of nitrogens with one attached hydrogen (secondary N) is 1. The summed E-state index contributed by atoms with van der Waals surface area (Å²) >= 11 is 1.72. The van der Waals surface area contributed by atoms with Crippen LogP contribution >= 0.6 is 11.3 Å². The number of carbonyl (C=O) groups is 1. The summed E-state index contributed by atoms with van der Waals surface area (Å²) in [7, 11) is 1.65. The lowest BCUT2D eigenvalue weighted by Crippen LogP contribution is -2.25. The van der Waals surface area contributed by atoms with E-state index in [0.717, 1.165) is 24.2 Å². The SMILES string of the molecule is COc1cccc(CCC(=O)NCCc2cccs2)c1. The summed E-state index contributed by atoms with van der Waals surface area (Å²) in [6.07, 6.45) is 2.15. The van der Waals surface area contributed by atoms with Crippen LogP contribution in [-0.4, -0.2) is 19.6 Å². The van der Waals surface area contributed by atoms with E-state index in [1.807, 2.05) is 30.3 Å². The van der Waals surface area contributed by atoms with Crippen molar-refractivity contribution >= 4 is 17.2 Å². The number of methoxy groups -OCH3 is 1. The van der Waals surface area contributed by atoms with Crippen LogP contribution in [0.5, 0.6) is 5.75 Å². The van der Waals surface area contributed by atoms with Gasteiger partial charge in [0.2, 0.25) is 5.91 Å². The van der Waals surface area contributed by atoms with Crippen LogP contribution in [0.15, 0.2) is 41.8 Å². The summed E-state index contributed by atoms with van der Waals surface area (Å²) in [4.78, 5) is 13.1. The second-order valence-electron chi connectivity index (χ2n) is 4.53. The van der Waals surface area contributed by atoms with Gasteiger partial charge in [-0.3, -0.25) is 4.79 Å². The van der Waals surface area contributed by atoms with E-state index in [2.05, 4.69) is 16.8 Å². The summed E-state index contributed by atoms with van der Waals surface area (Å²) < 4.78 is 5.17. The zero-order valence-corrected chi connectivity index (χ0v) is 12.4. The molecule has 0 unspecified atom stereocenters. The van der Waals surface area contributed by atoms with Gasteiger partial charge in [-0.2, -0.15) is 0 Å². The molecule has 1 amide bonds. The van der Waals surface area contributed by atoms with Gasteiger partial charge >= 0.3 is 0 Å². The zero-order chi connectivity index (χ0) is 14.2. The van der Waals surface area contributed by atoms with Gasteiger partial charge in [0.15, 0.2) is 0 Å². The average molecular weight is 289 g/mol. The van der Waals surface area contributed by atoms with Crippen molar-refractivity contribution in [3.05, 3.63) is 52.2 Å². The molecule has 2 aromatic rings. The van der Waals surface area contributed by atoms with Crippen molar-refractivity contribution in [1.82, 2.24) is 5.32 Å². The van der Waals surface area contributed by atoms with Crippen LogP contribution in [0.3, 0.4) is 0 Å². The highest BCUT2D eigenvalue weighted by Crippen LogP contribution is 2.13. The molecule has 3 nitrogen and oxygen atoms in total. The third kappa shape index (κ3) is 4.70. The van der Waals surface area contributed by atoms with E-state index in [1.165, 1.54) is 4.88 Å². The maximum atomic E-state index is 11.8. The summed E-state index contributed by atoms with van der Waals surface area (Å²) in [5.74, 6) is 0.935. The van der Waals surface area contributed by atoms with Crippen molar-refractivity contribution in [3.8, 4) is 5.75 Å². The van der Waals surface area contributed by atoms with Crippen LogP contribution < -0.4 is 10.1 Å². The molecule has 0 aliphatic carbocycles. The Morgan fingerprint density at radius 1 is 1.25 bits per heavy atom. The van der Waals surface area contributed by atoms with Crippen LogP contribution in [-0.2, 0) is 17.6 Å². The Morgan fingerprint density at radius 3 is 2.90 bits per heavy atom. The molecule has 0 saturated carbocycles. The molecule has 0 atom stereocenters. The topological polar surface area (TPSA) is 38.3 Å². The third-order valence-corrected chi connectivity index (χ3v) is 3.98. The van der Waals surface area contributed by atoms with E-state index in [9.17, 15) is 4.79 Å². The second-order valence-corrected chi connectivity index (χ2v) is 5.56. The van der Waals surface area contributed by atoms with Gasteiger partial charge in [0, 0.05) is 17.8 Å². The van der Waals surface area contributed by atoms with Crippen LogP contribution in [0.25, 0.3) is 0 Å². The van der Waals surface area contributed by atoms with E-state index in [0.29, 0.717) is 13.0 Å². The molecule has 1 heterocycles. The predicted octanol–water partition coefficient (Wildman–Crippen LogP) is 3.05. The second kappa shape index (κ2) is 7.70. The van der Waals surface area contributed by atoms with Crippen LogP contribution in [0.1, 0.15) is 16.9 Å². The molecule has 0 aliphatic rings. The minimum Gasteiger partial charge on any atom is -0.497 e. The van der Waals surface area contributed by atoms with Gasteiger partial charge in [-0.05, 0) is 42.0 Å². The molecule has 1 aromatic carbocycles. The van der Waals surface area contributed by atoms with Crippen molar-refractivity contribution < 1.29 is 9.53 Å². The average Bonchev–Trinajstić information content (AvgIpc) is 2.98. The highest BCUT2D eigenvalue weighted by molar-refractivity contribution is 7.09. The van der Waals surface area contributed by atoms with E-state index in [4.69, 9.17) is 4.74 Å². The maximum absolute atomic E-state index is 11.8. The monoisotopic (exact) mass is 289 g/mol. The Bertz CT molecular complexity index is 537. The minimum absolute atomic E-state index is 0.101. The van der Waals surface area contributed by atoms with Crippen LogP contribution in [0.4, 0.5) is 0 Å². The Kier molecular flexibility index (Phi) is 5.62. The highest BCUT2D eigenvalue weighted by Gasteiger charge is 2.03. The molecular formula is C16H19NO2S. The number of ether oxygens (including phenoxy) is 1. The molecule has 0 bridgehead atoms. The first-order valence-corrected chi connectivity index (χ1v) is 7.58. The molecule has 0 aliphatic heterocycles. The lowest BCUT2D eigenvalue weighted by Gasteiger charge is -2.06. The summed E-state index contributed by atoms with van der Waals surface area (Å²) in [6, 6.07) is 12.0. The summed E-state index contributed by atoms with van der Waals surface area (Å²) in [5.41, 5.74) is 1.12. The molecule has 1 N–H and O–H groups in total. The number of amides is 1. The van der Waals surface area contributed by atoms with Gasteiger partial charge in [0.25, 0.3) is 0 Å². The van der Waals surface area contributed by atoms with Crippen molar-refractivity contribution in [3.63, 3.8) is 0 Å². The predicted molar refractivity (Wildman–Crippen MR) is 82.3 cm³/mol. The van der Waals surface area contributed by atoms with E-state index >= 15 is 0 Å². The van der Waals surface area contributed by atoms with E-state index < -0.39 is 0 Å². The Hall–Kier alpha value is -1.81. The molecular weight excluding hydrogens is 270 g/mol. The molecule has 0 radical (unpaired) electrons. The first-order valence-electron chi connectivity index (χ1n) is 6.70. The first-order chi connectivity index (χ1) is 9.78. The quantitative estimate of drug-likeness (QED) is 0.851. The third-order valence-electron chi connectivity index (χ3n) is 3.05. The smallest absolute Gasteiger partial charge is 0.220 e. The number of thiophene rings is 1. The number of carbonyl (C=O) groups excluding carboxylic acids is 1. The van der Waals surface area contributed by atoms with Crippen molar-refractivity contribution in [2.75, 3.05) is 13.7 Å². The van der Waals surface area contributed by atoms with E-state index in [1.54, 1.807) is 18.4 Å². The molecule has 0 fully saturated rings. The van der Waals surface area contributed by atoms with Crippen molar-refractivity contribution in [2.45, 2.75) is 19.3 Å². The van der Waals surface area contributed by atoms with Crippen molar-refractivity contribution in [1.29, 1.82) is 0 Å². The number of aryl methyl sites for hydroxylation is 1. The Balaban J connectivity index is 1.69. The summed E-state index contributed by atoms with van der Waals surface area (Å²) in [5, 5.41) is 5.01. The normalized spacial score (nSPS) is 10.2. The zero-order valence-electron chi connectivity index (χ0n) is 11.6. The largest absolute Gasteiger partial charge is 0.497 e. The van der Waals surface area contributed by atoms with E-state index in [-0.39, 0.29) is 5.91 Å². The lowest BCUT2D eigenvalue weighted by atomic mass is 10.1. The molecule has 4 heteroatoms. The number of benzene rings is 1. The highest BCUT2D eigenvalue weighted by atomic mass is 32.1. The fourth-order valence-corrected chi connectivity index (χ4v) is 2.66. The number of hydrogen-bond acceptors (Lipinski definition) is 3. The number of hydrogen-bond donors (Lipinski definition) is 1. The van der Waals surface area contributed by atoms with Gasteiger partial charge in [-0.25, -0.2) is 0 Å². The fraction of sp³-hybridized carbons (Fsp3) is 0.312. The molecule has 106 valence electrons. The van der Waals surface area contributed by atoms with Crippen LogP contribution in [0, 0.1) is 0 Å². The van der Waals surface area contributed by atoms with Gasteiger partial charge in [0.1, 0.15) is 5.75 Å². The van der Waals surface area contributed by atoms with Crippen molar-refractivity contribution in [2.24, 2.45) is 0 Å². The van der Waals surface area contributed by atoms with Gasteiger partial charge in [-0.15, -0.1) is 11.3 Å². The van der Waals surface area contributed by atoms with Gasteiger partial charge in [-0.1, -0.05) is 18.2 Å². The molecule has 2 rings (SSSR count). The maximum Gasteiger partial charge on any atom is 0.220 e. The van der Waals surface area contributed by atoms with Gasteiger partial charge in [0.05, 0.1) is 7.11 Å². The first kappa shape index (κ1) is 14.6. The Morgan fingerprint density at radius 2 is 2.15 bits per heavy atom. The molecule has 1 aromatic heterocycles. The van der Waals surface area contributed by atoms with Crippen LogP contribution in [0.2, 0.25) is 0 Å². The molecule has 0 saturated heterocycles. The fourth-order valence-electron chi connectivity index (χ4n) is 1.95. The number of rotatable bonds is 7. The summed E-state index contributed by atoms with van der Waals surface area (Å²) in [6.45, 7) is 0.706. The molecule has 20 heavy (non-hydrogen) atoms. The Labute approximate surface area is 123 Å². The lowest BCUT2D eigenvalue weighted by molar-refractivity contribution is -0.121.